The van der Waals surface area contributed by atoms with E-state index >= 15 is 0 Å². The van der Waals surface area contributed by atoms with E-state index in [2.05, 4.69) is 0 Å². The summed E-state index contributed by atoms with van der Waals surface area (Å²) in [5, 5.41) is 0. The first-order valence-corrected chi connectivity index (χ1v) is 6.67. The number of alkyl halides is 2. The molecule has 16 heavy (non-hydrogen) atoms. The molecule has 1 unspecified atom stereocenters. The normalized spacial score (nSPS) is 13.2. The van der Waals surface area contributed by atoms with Gasteiger partial charge >= 0.3 is 29.6 Å². The third-order valence-electron chi connectivity index (χ3n) is 2.04. The average Bonchev–Trinajstić information content (AvgIpc) is 2.08. The molecule has 0 amide bonds. The fourth-order valence-corrected chi connectivity index (χ4v) is 1.91. The molecule has 1 atom stereocenters. The Labute approximate surface area is 118 Å². The van der Waals surface area contributed by atoms with Gasteiger partial charge in [-0.3, -0.25) is 4.39 Å². The molecular formula is C9H17F2NaO3S. The number of hydrogen-bond donors (Lipinski definition) is 0. The molecule has 0 heterocycles. The van der Waals surface area contributed by atoms with Gasteiger partial charge in [-0.05, 0) is 12.8 Å². The Bertz CT molecular complexity index is 247. The van der Waals surface area contributed by atoms with Crippen LogP contribution in [0.25, 0.3) is 0 Å². The smallest absolute Gasteiger partial charge is 0.748 e. The van der Waals surface area contributed by atoms with Crippen LogP contribution in [-0.2, 0) is 10.1 Å². The molecule has 0 rings (SSSR count). The van der Waals surface area contributed by atoms with Crippen molar-refractivity contribution in [3.8, 4) is 0 Å². The van der Waals surface area contributed by atoms with E-state index in [4.69, 9.17) is 0 Å². The van der Waals surface area contributed by atoms with Crippen LogP contribution >= 0.6 is 0 Å². The van der Waals surface area contributed by atoms with Crippen molar-refractivity contribution in [3.05, 3.63) is 0 Å². The Morgan fingerprint density at radius 1 is 1.06 bits per heavy atom. The van der Waals surface area contributed by atoms with Crippen molar-refractivity contribution in [2.24, 2.45) is 0 Å². The van der Waals surface area contributed by atoms with Crippen LogP contribution in [0.1, 0.15) is 38.5 Å². The zero-order valence-corrected chi connectivity index (χ0v) is 12.4. The van der Waals surface area contributed by atoms with Gasteiger partial charge in [-0.25, -0.2) is 12.8 Å². The second-order valence-corrected chi connectivity index (χ2v) is 5.02. The first-order valence-electron chi connectivity index (χ1n) is 5.09. The Morgan fingerprint density at radius 2 is 1.56 bits per heavy atom. The van der Waals surface area contributed by atoms with Gasteiger partial charge in [-0.2, -0.15) is 0 Å². The zero-order valence-electron chi connectivity index (χ0n) is 9.62. The molecule has 0 fully saturated rings. The van der Waals surface area contributed by atoms with Crippen LogP contribution in [0.5, 0.6) is 0 Å². The number of halogens is 2. The van der Waals surface area contributed by atoms with Gasteiger partial charge in [0.05, 0.1) is 22.5 Å². The summed E-state index contributed by atoms with van der Waals surface area (Å²) in [5.74, 6) is -0.933. The van der Waals surface area contributed by atoms with Crippen molar-refractivity contribution < 1.29 is 51.3 Å². The van der Waals surface area contributed by atoms with Gasteiger partial charge in [0.1, 0.15) is 6.17 Å². The van der Waals surface area contributed by atoms with Crippen LogP contribution < -0.4 is 29.6 Å². The maximum atomic E-state index is 12.8. The summed E-state index contributed by atoms with van der Waals surface area (Å²) < 4.78 is 55.0. The second kappa shape index (κ2) is 10.9. The number of hydrogen-bond acceptors (Lipinski definition) is 3. The van der Waals surface area contributed by atoms with Crippen LogP contribution in [0, 0.1) is 0 Å². The molecule has 0 saturated heterocycles. The summed E-state index contributed by atoms with van der Waals surface area (Å²) in [5.41, 5.74) is 0. The van der Waals surface area contributed by atoms with E-state index in [1.807, 2.05) is 0 Å². The summed E-state index contributed by atoms with van der Waals surface area (Å²) in [4.78, 5) is 0. The molecule has 0 saturated carbocycles. The molecule has 0 aromatic rings. The molecule has 92 valence electrons. The van der Waals surface area contributed by atoms with Gasteiger partial charge in [0, 0.05) is 0 Å². The minimum Gasteiger partial charge on any atom is -0.748 e. The molecule has 3 nitrogen and oxygen atoms in total. The van der Waals surface area contributed by atoms with Gasteiger partial charge in [-0.1, -0.05) is 25.7 Å². The Morgan fingerprint density at radius 3 is 2.06 bits per heavy atom. The predicted octanol–water partition coefficient (Wildman–Crippen LogP) is -0.816. The van der Waals surface area contributed by atoms with Gasteiger partial charge in [0.2, 0.25) is 0 Å². The van der Waals surface area contributed by atoms with E-state index in [1.54, 1.807) is 0 Å². The van der Waals surface area contributed by atoms with Crippen molar-refractivity contribution in [3.63, 3.8) is 0 Å². The van der Waals surface area contributed by atoms with E-state index in [9.17, 15) is 21.8 Å². The molecule has 0 bridgehead atoms. The van der Waals surface area contributed by atoms with Crippen LogP contribution in [-0.4, -0.2) is 31.6 Å². The van der Waals surface area contributed by atoms with Gasteiger partial charge in [0.25, 0.3) is 0 Å². The quantitative estimate of drug-likeness (QED) is 0.311. The monoisotopic (exact) mass is 266 g/mol. The van der Waals surface area contributed by atoms with E-state index < -0.39 is 22.0 Å². The van der Waals surface area contributed by atoms with E-state index in [1.165, 1.54) is 0 Å². The van der Waals surface area contributed by atoms with E-state index in [0.29, 0.717) is 12.8 Å². The van der Waals surface area contributed by atoms with Crippen LogP contribution in [0.15, 0.2) is 0 Å². The molecule has 0 radical (unpaired) electrons. The molecule has 0 aliphatic heterocycles. The maximum absolute atomic E-state index is 12.8. The third kappa shape index (κ3) is 14.8. The molecule has 0 aliphatic carbocycles. The Balaban J connectivity index is 0. The fraction of sp³-hybridized carbons (Fsp3) is 1.00. The van der Waals surface area contributed by atoms with Crippen molar-refractivity contribution in [2.75, 3.05) is 12.4 Å². The van der Waals surface area contributed by atoms with Crippen LogP contribution in [0.2, 0.25) is 0 Å². The minimum atomic E-state index is -4.45. The summed E-state index contributed by atoms with van der Waals surface area (Å²) >= 11 is 0. The third-order valence-corrected chi connectivity index (χ3v) is 2.81. The summed E-state index contributed by atoms with van der Waals surface area (Å²) in [6.07, 6.45) is 1.94. The first kappa shape index (κ1) is 19.1. The molecular weight excluding hydrogens is 249 g/mol. The summed E-state index contributed by atoms with van der Waals surface area (Å²) in [7, 11) is -4.45. The van der Waals surface area contributed by atoms with Crippen molar-refractivity contribution in [1.29, 1.82) is 0 Å². The van der Waals surface area contributed by atoms with Crippen LogP contribution in [0.3, 0.4) is 0 Å². The van der Waals surface area contributed by atoms with Gasteiger partial charge in [0.15, 0.2) is 0 Å². The topological polar surface area (TPSA) is 57.2 Å². The number of unbranched alkanes of at least 4 members (excludes halogenated alkanes) is 4. The molecule has 0 aromatic heterocycles. The molecule has 0 aromatic carbocycles. The zero-order chi connectivity index (χ0) is 11.7. The van der Waals surface area contributed by atoms with E-state index in [-0.39, 0.29) is 42.7 Å². The molecule has 0 N–H and O–H groups in total. The van der Waals surface area contributed by atoms with Gasteiger partial charge in [-0.15, -0.1) is 0 Å². The van der Waals surface area contributed by atoms with Crippen molar-refractivity contribution in [1.82, 2.24) is 0 Å². The fourth-order valence-electron chi connectivity index (χ4n) is 1.30. The second-order valence-electron chi connectivity index (χ2n) is 3.57. The van der Waals surface area contributed by atoms with Crippen molar-refractivity contribution >= 4 is 10.1 Å². The van der Waals surface area contributed by atoms with E-state index in [0.717, 1.165) is 19.3 Å². The largest absolute Gasteiger partial charge is 1.00 e. The summed E-state index contributed by atoms with van der Waals surface area (Å²) in [6.45, 7) is -0.333. The van der Waals surface area contributed by atoms with Crippen LogP contribution in [0.4, 0.5) is 8.78 Å². The molecule has 0 aliphatic rings. The minimum absolute atomic E-state index is 0. The summed E-state index contributed by atoms with van der Waals surface area (Å²) in [6, 6.07) is 0. The molecule has 7 heteroatoms. The number of rotatable bonds is 9. The Hall–Kier alpha value is 0.770. The van der Waals surface area contributed by atoms with Gasteiger partial charge < -0.3 is 4.55 Å². The Kier molecular flexibility index (Phi) is 13.0. The first-order chi connectivity index (χ1) is 6.95. The predicted molar refractivity (Wildman–Crippen MR) is 53.1 cm³/mol. The standard InChI is InChI=1S/C9H18F2O3S.Na/c10-7-5-3-1-2-4-6-9(11)8-15(12,13)14;/h9H,1-8H2,(H,12,13,14);/q;+1/p-1. The SMILES string of the molecule is O=S(=O)([O-])CC(F)CCCCCCCF.[Na+]. The molecule has 0 spiro atoms. The average molecular weight is 266 g/mol. The van der Waals surface area contributed by atoms with Crippen molar-refractivity contribution in [2.45, 2.75) is 44.7 Å². The maximum Gasteiger partial charge on any atom is 1.00 e.